The number of anilines is 1. The van der Waals surface area contributed by atoms with Crippen LogP contribution in [-0.4, -0.2) is 45.9 Å². The lowest BCUT2D eigenvalue weighted by Gasteiger charge is -2.36. The van der Waals surface area contributed by atoms with Gasteiger partial charge in [-0.3, -0.25) is 9.59 Å². The predicted molar refractivity (Wildman–Crippen MR) is 109 cm³/mol. The van der Waals surface area contributed by atoms with Gasteiger partial charge in [-0.15, -0.1) is 12.4 Å². The Kier molecular flexibility index (Phi) is 6.36. The van der Waals surface area contributed by atoms with E-state index in [-0.39, 0.29) is 36.2 Å². The van der Waals surface area contributed by atoms with Gasteiger partial charge in [0, 0.05) is 57.1 Å². The Morgan fingerprint density at radius 1 is 1.32 bits per heavy atom. The van der Waals surface area contributed by atoms with Gasteiger partial charge in [0.05, 0.1) is 0 Å². The van der Waals surface area contributed by atoms with Crippen LogP contribution < -0.4 is 10.6 Å². The fourth-order valence-electron chi connectivity index (χ4n) is 4.02. The smallest absolute Gasteiger partial charge is 0.227 e. The predicted octanol–water partition coefficient (Wildman–Crippen LogP) is 1.91. The minimum absolute atomic E-state index is 0. The van der Waals surface area contributed by atoms with Crippen molar-refractivity contribution in [3.05, 3.63) is 48.0 Å². The van der Waals surface area contributed by atoms with E-state index in [0.717, 1.165) is 23.6 Å². The number of imidazole rings is 1. The molecule has 2 atom stereocenters. The van der Waals surface area contributed by atoms with Crippen molar-refractivity contribution in [3.63, 3.8) is 0 Å². The quantitative estimate of drug-likeness (QED) is 0.817. The van der Waals surface area contributed by atoms with Crippen LogP contribution in [0.3, 0.4) is 0 Å². The van der Waals surface area contributed by atoms with Gasteiger partial charge in [0.2, 0.25) is 11.8 Å². The van der Waals surface area contributed by atoms with Crippen molar-refractivity contribution in [2.75, 3.05) is 25.0 Å². The first kappa shape index (κ1) is 20.4. The number of piperazine rings is 1. The number of amides is 2. The first-order valence-electron chi connectivity index (χ1n) is 9.49. The first-order valence-corrected chi connectivity index (χ1v) is 9.49. The topological polar surface area (TPSA) is 79.3 Å². The summed E-state index contributed by atoms with van der Waals surface area (Å²) in [6.45, 7) is 2.15. The molecule has 8 heteroatoms. The fourth-order valence-corrected chi connectivity index (χ4v) is 4.02. The number of aromatic nitrogens is 2. The second-order valence-corrected chi connectivity index (χ2v) is 7.29. The second-order valence-electron chi connectivity index (χ2n) is 7.29. The molecule has 0 aliphatic carbocycles. The average molecular weight is 404 g/mol. The molecule has 0 bridgehead atoms. The van der Waals surface area contributed by atoms with E-state index < -0.39 is 0 Å². The number of halogens is 1. The fraction of sp³-hybridized carbons (Fsp3) is 0.450. The van der Waals surface area contributed by atoms with E-state index in [0.29, 0.717) is 32.4 Å². The summed E-state index contributed by atoms with van der Waals surface area (Å²) in [7, 11) is 1.95. The molecule has 0 radical (unpaired) electrons. The lowest BCUT2D eigenvalue weighted by Crippen LogP contribution is -2.49. The molecule has 1 saturated heterocycles. The minimum Gasteiger partial charge on any atom is -0.336 e. The molecular formula is C20H26ClN5O2. The molecule has 1 aromatic carbocycles. The second kappa shape index (κ2) is 8.75. The van der Waals surface area contributed by atoms with E-state index >= 15 is 0 Å². The van der Waals surface area contributed by atoms with Gasteiger partial charge >= 0.3 is 0 Å². The van der Waals surface area contributed by atoms with Crippen molar-refractivity contribution in [2.24, 2.45) is 13.0 Å². The number of benzene rings is 1. The van der Waals surface area contributed by atoms with Crippen molar-refractivity contribution in [1.29, 1.82) is 0 Å². The van der Waals surface area contributed by atoms with Gasteiger partial charge in [-0.25, -0.2) is 4.98 Å². The van der Waals surface area contributed by atoms with Crippen LogP contribution in [-0.2, 0) is 23.1 Å². The summed E-state index contributed by atoms with van der Waals surface area (Å²) in [4.78, 5) is 31.7. The number of hydrogen-bond acceptors (Lipinski definition) is 4. The third-order valence-electron chi connectivity index (χ3n) is 5.54. The van der Waals surface area contributed by atoms with Crippen molar-refractivity contribution < 1.29 is 9.59 Å². The Morgan fingerprint density at radius 3 is 2.93 bits per heavy atom. The zero-order chi connectivity index (χ0) is 18.8. The van der Waals surface area contributed by atoms with E-state index in [1.54, 1.807) is 6.20 Å². The maximum Gasteiger partial charge on any atom is 0.227 e. The van der Waals surface area contributed by atoms with E-state index in [2.05, 4.69) is 15.6 Å². The summed E-state index contributed by atoms with van der Waals surface area (Å²) in [5, 5.41) is 6.31. The molecule has 2 aliphatic heterocycles. The molecule has 150 valence electrons. The standard InChI is InChI=1S/C20H25N5O2.ClH/c1-24-10-9-22-19(24)17-13-21-8-11-25(17)18(26)7-6-15-12-14-4-2-3-5-16(14)23-20(15)27;/h2-5,9-10,15,17,21H,6-8,11-13H2,1H3,(H,23,27);1H. The minimum atomic E-state index is -0.154. The number of fused-ring (bicyclic) bond motifs is 1. The maximum absolute atomic E-state index is 12.9. The van der Waals surface area contributed by atoms with Gasteiger partial charge in [0.1, 0.15) is 11.9 Å². The SMILES string of the molecule is Cl.Cn1ccnc1C1CNCCN1C(=O)CCC1Cc2ccccc2NC1=O. The Hall–Kier alpha value is -2.38. The Labute approximate surface area is 170 Å². The number of carbonyl (C=O) groups is 2. The van der Waals surface area contributed by atoms with E-state index in [1.807, 2.05) is 47.0 Å². The van der Waals surface area contributed by atoms with Gasteiger partial charge in [-0.1, -0.05) is 18.2 Å². The van der Waals surface area contributed by atoms with Crippen LogP contribution in [0.25, 0.3) is 0 Å². The van der Waals surface area contributed by atoms with Crippen LogP contribution >= 0.6 is 12.4 Å². The van der Waals surface area contributed by atoms with E-state index in [1.165, 1.54) is 0 Å². The number of para-hydroxylation sites is 1. The van der Waals surface area contributed by atoms with Crippen LogP contribution in [0.1, 0.15) is 30.3 Å². The molecule has 3 heterocycles. The van der Waals surface area contributed by atoms with Crippen molar-refractivity contribution in [2.45, 2.75) is 25.3 Å². The summed E-state index contributed by atoms with van der Waals surface area (Å²) in [6, 6.07) is 7.80. The van der Waals surface area contributed by atoms with Crippen molar-refractivity contribution in [1.82, 2.24) is 19.8 Å². The molecule has 2 amide bonds. The van der Waals surface area contributed by atoms with Crippen molar-refractivity contribution in [3.8, 4) is 0 Å². The zero-order valence-electron chi connectivity index (χ0n) is 15.9. The number of aryl methyl sites for hydroxylation is 1. The van der Waals surface area contributed by atoms with Crippen LogP contribution in [0.4, 0.5) is 5.69 Å². The Balaban J connectivity index is 0.00000225. The third kappa shape index (κ3) is 4.05. The average Bonchev–Trinajstić information content (AvgIpc) is 3.12. The van der Waals surface area contributed by atoms with Gasteiger partial charge in [0.15, 0.2) is 0 Å². The molecule has 2 aromatic rings. The third-order valence-corrected chi connectivity index (χ3v) is 5.54. The molecule has 0 spiro atoms. The highest BCUT2D eigenvalue weighted by atomic mass is 35.5. The highest BCUT2D eigenvalue weighted by molar-refractivity contribution is 5.96. The molecule has 0 saturated carbocycles. The molecule has 28 heavy (non-hydrogen) atoms. The lowest BCUT2D eigenvalue weighted by atomic mass is 9.89. The monoisotopic (exact) mass is 403 g/mol. The highest BCUT2D eigenvalue weighted by Crippen LogP contribution is 2.28. The Bertz CT molecular complexity index is 853. The zero-order valence-corrected chi connectivity index (χ0v) is 16.7. The van der Waals surface area contributed by atoms with Crippen LogP contribution in [0.2, 0.25) is 0 Å². The highest BCUT2D eigenvalue weighted by Gasteiger charge is 2.32. The molecule has 7 nitrogen and oxygen atoms in total. The molecular weight excluding hydrogens is 378 g/mol. The van der Waals surface area contributed by atoms with Crippen molar-refractivity contribution >= 4 is 29.9 Å². The molecule has 2 N–H and O–H groups in total. The van der Waals surface area contributed by atoms with Crippen LogP contribution in [0.15, 0.2) is 36.7 Å². The Morgan fingerprint density at radius 2 is 2.14 bits per heavy atom. The number of carbonyl (C=O) groups excluding carboxylic acids is 2. The lowest BCUT2D eigenvalue weighted by molar-refractivity contribution is -0.135. The molecule has 1 aromatic heterocycles. The molecule has 4 rings (SSSR count). The van der Waals surface area contributed by atoms with Crippen LogP contribution in [0, 0.1) is 5.92 Å². The van der Waals surface area contributed by atoms with E-state index in [4.69, 9.17) is 0 Å². The maximum atomic E-state index is 12.9. The van der Waals surface area contributed by atoms with Gasteiger partial charge < -0.3 is 20.1 Å². The van der Waals surface area contributed by atoms with E-state index in [9.17, 15) is 9.59 Å². The van der Waals surface area contributed by atoms with Crippen LogP contribution in [0.5, 0.6) is 0 Å². The summed E-state index contributed by atoms with van der Waals surface area (Å²) in [6.07, 6.45) is 5.30. The molecule has 2 unspecified atom stereocenters. The summed E-state index contributed by atoms with van der Waals surface area (Å²) >= 11 is 0. The number of hydrogen-bond donors (Lipinski definition) is 2. The first-order chi connectivity index (χ1) is 13.1. The van der Waals surface area contributed by atoms with Gasteiger partial charge in [0.25, 0.3) is 0 Å². The number of nitrogens with one attached hydrogen (secondary N) is 2. The molecule has 1 fully saturated rings. The van der Waals surface area contributed by atoms with Gasteiger partial charge in [-0.05, 0) is 24.5 Å². The largest absolute Gasteiger partial charge is 0.336 e. The normalized spacial score (nSPS) is 21.5. The number of rotatable bonds is 4. The van der Waals surface area contributed by atoms with Gasteiger partial charge in [-0.2, -0.15) is 0 Å². The molecule has 2 aliphatic rings. The summed E-state index contributed by atoms with van der Waals surface area (Å²) in [5.41, 5.74) is 2.03. The summed E-state index contributed by atoms with van der Waals surface area (Å²) in [5.74, 6) is 0.844. The number of nitrogens with zero attached hydrogens (tertiary/aromatic N) is 3. The summed E-state index contributed by atoms with van der Waals surface area (Å²) < 4.78 is 1.96.